The molecule has 142 valence electrons. The van der Waals surface area contributed by atoms with Gasteiger partial charge in [-0.2, -0.15) is 11.8 Å². The van der Waals surface area contributed by atoms with E-state index in [-0.39, 0.29) is 5.91 Å². The molecule has 1 aromatic heterocycles. The Morgan fingerprint density at radius 2 is 2.12 bits per heavy atom. The fourth-order valence-corrected chi connectivity index (χ4v) is 5.38. The lowest BCUT2D eigenvalue weighted by Crippen LogP contribution is -2.54. The van der Waals surface area contributed by atoms with Gasteiger partial charge in [0.1, 0.15) is 0 Å². The first-order valence-corrected chi connectivity index (χ1v) is 10.5. The number of thioether (sulfide) groups is 1. The van der Waals surface area contributed by atoms with E-state index in [1.807, 2.05) is 7.05 Å². The summed E-state index contributed by atoms with van der Waals surface area (Å²) >= 11 is 2.16. The molecular formula is C19H29N5OS. The number of aromatic nitrogens is 1. The van der Waals surface area contributed by atoms with Crippen molar-refractivity contribution in [3.8, 4) is 0 Å². The van der Waals surface area contributed by atoms with Crippen molar-refractivity contribution in [1.29, 1.82) is 0 Å². The maximum atomic E-state index is 12.0. The minimum Gasteiger partial charge on any atom is -0.354 e. The van der Waals surface area contributed by atoms with Crippen molar-refractivity contribution < 1.29 is 4.79 Å². The SMILES string of the molecule is CN=C(NCCNC(=O)c1cccnc1)N1CCSC2(CCCCC2)C1. The van der Waals surface area contributed by atoms with Crippen LogP contribution in [0.25, 0.3) is 0 Å². The fraction of sp³-hybridized carbons (Fsp3) is 0.632. The van der Waals surface area contributed by atoms with Crippen LogP contribution in [0.15, 0.2) is 29.5 Å². The standard InChI is InChI=1S/C19H29N5OS/c1-20-18(23-11-10-22-17(25)16-6-5-9-21-14-16)24-12-13-26-19(15-24)7-3-2-4-8-19/h5-6,9,14H,2-4,7-8,10-13,15H2,1H3,(H,20,23)(H,22,25). The number of nitrogens with one attached hydrogen (secondary N) is 2. The minimum absolute atomic E-state index is 0.0922. The minimum atomic E-state index is -0.0922. The molecule has 1 saturated carbocycles. The van der Waals surface area contributed by atoms with Crippen LogP contribution in [0.2, 0.25) is 0 Å². The Bertz CT molecular complexity index is 610. The van der Waals surface area contributed by atoms with Crippen LogP contribution in [0.5, 0.6) is 0 Å². The van der Waals surface area contributed by atoms with Crippen molar-refractivity contribution in [3.63, 3.8) is 0 Å². The second-order valence-corrected chi connectivity index (χ2v) is 8.55. The Hall–Kier alpha value is -1.76. The van der Waals surface area contributed by atoms with Gasteiger partial charge in [-0.1, -0.05) is 19.3 Å². The van der Waals surface area contributed by atoms with Crippen LogP contribution in [0, 0.1) is 0 Å². The van der Waals surface area contributed by atoms with Crippen LogP contribution in [-0.2, 0) is 0 Å². The molecular weight excluding hydrogens is 346 g/mol. The summed E-state index contributed by atoms with van der Waals surface area (Å²) in [5.74, 6) is 2.02. The van der Waals surface area contributed by atoms with Crippen molar-refractivity contribution in [1.82, 2.24) is 20.5 Å². The van der Waals surface area contributed by atoms with Crippen LogP contribution in [-0.4, -0.2) is 65.5 Å². The molecule has 7 heteroatoms. The average Bonchev–Trinajstić information content (AvgIpc) is 2.69. The molecule has 26 heavy (non-hydrogen) atoms. The number of pyridine rings is 1. The first-order valence-electron chi connectivity index (χ1n) is 9.50. The van der Waals surface area contributed by atoms with E-state index >= 15 is 0 Å². The maximum absolute atomic E-state index is 12.0. The molecule has 0 aromatic carbocycles. The highest BCUT2D eigenvalue weighted by atomic mass is 32.2. The Labute approximate surface area is 160 Å². The van der Waals surface area contributed by atoms with E-state index < -0.39 is 0 Å². The van der Waals surface area contributed by atoms with Crippen molar-refractivity contribution in [3.05, 3.63) is 30.1 Å². The predicted molar refractivity (Wildman–Crippen MR) is 108 cm³/mol. The third kappa shape index (κ3) is 4.90. The lowest BCUT2D eigenvalue weighted by molar-refractivity contribution is 0.0954. The van der Waals surface area contributed by atoms with Gasteiger partial charge in [0.2, 0.25) is 0 Å². The lowest BCUT2D eigenvalue weighted by Gasteiger charge is -2.45. The number of hydrogen-bond donors (Lipinski definition) is 2. The number of carbonyl (C=O) groups is 1. The number of aliphatic imine (C=N–C) groups is 1. The van der Waals surface area contributed by atoms with Crippen LogP contribution >= 0.6 is 11.8 Å². The van der Waals surface area contributed by atoms with E-state index in [9.17, 15) is 4.79 Å². The van der Waals surface area contributed by atoms with Crippen molar-refractivity contribution in [2.45, 2.75) is 36.9 Å². The molecule has 2 fully saturated rings. The molecule has 6 nitrogen and oxygen atoms in total. The summed E-state index contributed by atoms with van der Waals surface area (Å²) in [7, 11) is 1.84. The highest BCUT2D eigenvalue weighted by molar-refractivity contribution is 8.00. The quantitative estimate of drug-likeness (QED) is 0.479. The second-order valence-electron chi connectivity index (χ2n) is 6.99. The van der Waals surface area contributed by atoms with E-state index in [0.29, 0.717) is 23.4 Å². The Morgan fingerprint density at radius 1 is 1.31 bits per heavy atom. The summed E-state index contributed by atoms with van der Waals surface area (Å²) in [6, 6.07) is 3.54. The van der Waals surface area contributed by atoms with E-state index in [1.54, 1.807) is 24.5 Å². The molecule has 0 bridgehead atoms. The van der Waals surface area contributed by atoms with Crippen molar-refractivity contribution in [2.75, 3.05) is 39.0 Å². The highest BCUT2D eigenvalue weighted by Gasteiger charge is 2.38. The van der Waals surface area contributed by atoms with Gasteiger partial charge in [0.05, 0.1) is 5.56 Å². The Balaban J connectivity index is 1.45. The zero-order valence-electron chi connectivity index (χ0n) is 15.5. The van der Waals surface area contributed by atoms with Crippen LogP contribution in [0.1, 0.15) is 42.5 Å². The summed E-state index contributed by atoms with van der Waals surface area (Å²) in [6.07, 6.45) is 9.99. The van der Waals surface area contributed by atoms with E-state index in [2.05, 4.69) is 37.3 Å². The topological polar surface area (TPSA) is 69.6 Å². The summed E-state index contributed by atoms with van der Waals surface area (Å²) in [6.45, 7) is 3.34. The van der Waals surface area contributed by atoms with Crippen molar-refractivity contribution >= 4 is 23.6 Å². The summed E-state index contributed by atoms with van der Waals surface area (Å²) in [5.41, 5.74) is 0.587. The number of hydrogen-bond acceptors (Lipinski definition) is 4. The largest absolute Gasteiger partial charge is 0.354 e. The molecule has 1 aliphatic heterocycles. The number of guanidine groups is 1. The van der Waals surface area contributed by atoms with Gasteiger partial charge in [-0.05, 0) is 25.0 Å². The van der Waals surface area contributed by atoms with Gasteiger partial charge in [0, 0.05) is 56.1 Å². The monoisotopic (exact) mass is 375 g/mol. The van der Waals surface area contributed by atoms with Gasteiger partial charge in [0.25, 0.3) is 5.91 Å². The molecule has 1 spiro atoms. The Kier molecular flexibility index (Phi) is 6.77. The number of carbonyl (C=O) groups excluding carboxylic acids is 1. The number of rotatable bonds is 4. The molecule has 2 N–H and O–H groups in total. The molecule has 1 saturated heterocycles. The molecule has 0 radical (unpaired) electrons. The molecule has 1 aromatic rings. The third-order valence-corrected chi connectivity index (χ3v) is 6.68. The normalized spacial score (nSPS) is 20.0. The molecule has 3 rings (SSSR count). The van der Waals surface area contributed by atoms with Gasteiger partial charge in [-0.25, -0.2) is 0 Å². The van der Waals surface area contributed by atoms with Crippen molar-refractivity contribution in [2.24, 2.45) is 4.99 Å². The van der Waals surface area contributed by atoms with E-state index in [0.717, 1.165) is 19.0 Å². The Morgan fingerprint density at radius 3 is 2.85 bits per heavy atom. The van der Waals surface area contributed by atoms with Crippen LogP contribution < -0.4 is 10.6 Å². The van der Waals surface area contributed by atoms with Gasteiger partial charge < -0.3 is 15.5 Å². The fourth-order valence-electron chi connectivity index (χ4n) is 3.81. The predicted octanol–water partition coefficient (Wildman–Crippen LogP) is 2.14. The highest BCUT2D eigenvalue weighted by Crippen LogP contribution is 2.42. The third-order valence-electron chi connectivity index (χ3n) is 5.14. The molecule has 0 atom stereocenters. The van der Waals surface area contributed by atoms with Gasteiger partial charge in [-0.3, -0.25) is 14.8 Å². The molecule has 2 aliphatic rings. The number of amides is 1. The average molecular weight is 376 g/mol. The van der Waals surface area contributed by atoms with Gasteiger partial charge in [-0.15, -0.1) is 0 Å². The maximum Gasteiger partial charge on any atom is 0.252 e. The number of nitrogens with zero attached hydrogens (tertiary/aromatic N) is 3. The summed E-state index contributed by atoms with van der Waals surface area (Å²) in [4.78, 5) is 22.9. The molecule has 2 heterocycles. The first-order chi connectivity index (χ1) is 12.7. The summed E-state index contributed by atoms with van der Waals surface area (Å²) in [5, 5.41) is 6.32. The smallest absolute Gasteiger partial charge is 0.252 e. The summed E-state index contributed by atoms with van der Waals surface area (Å²) < 4.78 is 0.419. The van der Waals surface area contributed by atoms with Gasteiger partial charge in [0.15, 0.2) is 5.96 Å². The lowest BCUT2D eigenvalue weighted by atomic mass is 9.87. The van der Waals surface area contributed by atoms with Crippen LogP contribution in [0.4, 0.5) is 0 Å². The molecule has 0 unspecified atom stereocenters. The second kappa shape index (κ2) is 9.26. The van der Waals surface area contributed by atoms with E-state index in [4.69, 9.17) is 0 Å². The zero-order valence-corrected chi connectivity index (χ0v) is 16.4. The first kappa shape index (κ1) is 19.0. The van der Waals surface area contributed by atoms with E-state index in [1.165, 1.54) is 37.9 Å². The molecule has 1 aliphatic carbocycles. The zero-order chi connectivity index (χ0) is 18.2. The van der Waals surface area contributed by atoms with Gasteiger partial charge >= 0.3 is 0 Å². The van der Waals surface area contributed by atoms with Crippen LogP contribution in [0.3, 0.4) is 0 Å². The molecule has 1 amide bonds.